The van der Waals surface area contributed by atoms with E-state index in [1.165, 1.54) is 0 Å². The molecule has 10 heavy (non-hydrogen) atoms. The molecule has 59 valence electrons. The fourth-order valence-electron chi connectivity index (χ4n) is 1.37. The first-order valence-electron chi connectivity index (χ1n) is 3.78. The third kappa shape index (κ3) is 1.31. The van der Waals surface area contributed by atoms with Gasteiger partial charge in [-0.1, -0.05) is 0 Å². The molecule has 0 aromatic heterocycles. The summed E-state index contributed by atoms with van der Waals surface area (Å²) < 4.78 is 4.90. The first-order chi connectivity index (χ1) is 4.72. The molecule has 0 aromatic carbocycles. The molecule has 0 N–H and O–H groups in total. The summed E-state index contributed by atoms with van der Waals surface area (Å²) in [6.45, 7) is 8.88. The van der Waals surface area contributed by atoms with E-state index >= 15 is 0 Å². The van der Waals surface area contributed by atoms with Crippen LogP contribution in [0, 0.1) is 0 Å². The Morgan fingerprint density at radius 1 is 1.30 bits per heavy atom. The molecule has 0 bridgehead atoms. The average Bonchev–Trinajstić information content (AvgIpc) is 1.90. The van der Waals surface area contributed by atoms with Crippen molar-refractivity contribution >= 4 is 28.1 Å². The Bertz CT molecular complexity index is 100. The van der Waals surface area contributed by atoms with Crippen LogP contribution in [0.3, 0.4) is 0 Å². The van der Waals surface area contributed by atoms with Crippen LogP contribution in [-0.4, -0.2) is 44.7 Å². The van der Waals surface area contributed by atoms with Crippen molar-refractivity contribution in [3.63, 3.8) is 0 Å². The molecule has 0 saturated carbocycles. The molecule has 0 atom stereocenters. The van der Waals surface area contributed by atoms with Gasteiger partial charge in [-0.3, -0.25) is 0 Å². The van der Waals surface area contributed by atoms with Crippen LogP contribution in [0.5, 0.6) is 0 Å². The number of hydrogen-bond donors (Lipinski definition) is 0. The van der Waals surface area contributed by atoms with Crippen molar-refractivity contribution in [2.75, 3.05) is 13.1 Å². The van der Waals surface area contributed by atoms with Crippen LogP contribution in [0.1, 0.15) is 20.8 Å². The Morgan fingerprint density at radius 3 is 1.90 bits per heavy atom. The maximum atomic E-state index is 6.22. The second kappa shape index (κ2) is 3.61. The third-order valence-electron chi connectivity index (χ3n) is 2.06. The van der Waals surface area contributed by atoms with E-state index in [2.05, 4.69) is 27.0 Å². The predicted molar refractivity (Wildman–Crippen MR) is 45.8 cm³/mol. The summed E-state index contributed by atoms with van der Waals surface area (Å²) in [4.78, 5) is 0. The van der Waals surface area contributed by atoms with Crippen LogP contribution in [-0.2, 0) is 0 Å². The SMILES string of the molecule is CC[N]1C(C)[N](CC)[Sn]1[Cl]. The summed E-state index contributed by atoms with van der Waals surface area (Å²) in [6.07, 6.45) is 0.627. The van der Waals surface area contributed by atoms with Gasteiger partial charge in [-0.25, -0.2) is 0 Å². The minimum atomic E-state index is -1.64. The summed E-state index contributed by atoms with van der Waals surface area (Å²) in [5, 5.41) is 0. The van der Waals surface area contributed by atoms with E-state index in [0.29, 0.717) is 6.17 Å². The molecular weight excluding hydrogens is 254 g/mol. The van der Waals surface area contributed by atoms with Gasteiger partial charge >= 0.3 is 74.4 Å². The van der Waals surface area contributed by atoms with Gasteiger partial charge in [0.1, 0.15) is 0 Å². The topological polar surface area (TPSA) is 6.48 Å². The van der Waals surface area contributed by atoms with E-state index in [1.54, 1.807) is 0 Å². The zero-order chi connectivity index (χ0) is 7.72. The summed E-state index contributed by atoms with van der Waals surface area (Å²) in [7, 11) is 6.22. The van der Waals surface area contributed by atoms with Crippen LogP contribution in [0.15, 0.2) is 0 Å². The van der Waals surface area contributed by atoms with Crippen molar-refractivity contribution in [1.29, 1.82) is 0 Å². The molecule has 0 amide bonds. The first kappa shape index (κ1) is 9.10. The Balaban J connectivity index is 2.42. The molecule has 2 nitrogen and oxygen atoms in total. The van der Waals surface area contributed by atoms with Gasteiger partial charge in [-0.2, -0.15) is 0 Å². The molecular formula is C6H14ClN2Sn. The molecule has 4 heteroatoms. The van der Waals surface area contributed by atoms with Gasteiger partial charge in [0.15, 0.2) is 0 Å². The Morgan fingerprint density at radius 2 is 1.70 bits per heavy atom. The van der Waals surface area contributed by atoms with Gasteiger partial charge in [0.25, 0.3) is 0 Å². The van der Waals surface area contributed by atoms with Gasteiger partial charge in [0.2, 0.25) is 0 Å². The first-order valence-corrected chi connectivity index (χ1v) is 9.94. The van der Waals surface area contributed by atoms with E-state index in [9.17, 15) is 0 Å². The molecule has 0 spiro atoms. The Labute approximate surface area is 74.3 Å². The fraction of sp³-hybridized carbons (Fsp3) is 1.00. The van der Waals surface area contributed by atoms with Gasteiger partial charge in [0.05, 0.1) is 0 Å². The van der Waals surface area contributed by atoms with Crippen molar-refractivity contribution in [1.82, 2.24) is 6.24 Å². The van der Waals surface area contributed by atoms with E-state index in [0.717, 1.165) is 13.1 Å². The number of nitrogens with zero attached hydrogens (tertiary/aromatic N) is 2. The van der Waals surface area contributed by atoms with Crippen LogP contribution >= 0.6 is 8.92 Å². The molecule has 1 aliphatic rings. The molecule has 1 aliphatic heterocycles. The third-order valence-corrected chi connectivity index (χ3v) is 11.6. The number of halogens is 1. The molecule has 0 unspecified atom stereocenters. The van der Waals surface area contributed by atoms with E-state index < -0.39 is 19.2 Å². The van der Waals surface area contributed by atoms with Crippen molar-refractivity contribution < 1.29 is 0 Å². The second-order valence-corrected chi connectivity index (χ2v) is 9.56. The maximum absolute atomic E-state index is 6.22. The standard InChI is InChI=1S/C6H14N2.ClH.Sn/c1-4-7-6(3)8-5-2;;/h6H,4-5H2,1-3H3;1H;/q-2;;+3/p-1. The zero-order valence-electron chi connectivity index (χ0n) is 6.76. The molecule has 1 rings (SSSR count). The molecule has 1 fully saturated rings. The average molecular weight is 268 g/mol. The van der Waals surface area contributed by atoms with Gasteiger partial charge in [-0.05, 0) is 0 Å². The summed E-state index contributed by atoms with van der Waals surface area (Å²) in [5.74, 6) is 0. The van der Waals surface area contributed by atoms with Crippen LogP contribution in [0.4, 0.5) is 0 Å². The normalized spacial score (nSPS) is 25.2. The molecule has 1 heterocycles. The minimum absolute atomic E-state index is 0.627. The van der Waals surface area contributed by atoms with Crippen molar-refractivity contribution in [2.24, 2.45) is 0 Å². The predicted octanol–water partition coefficient (Wildman–Crippen LogP) is 1.21. The van der Waals surface area contributed by atoms with Crippen LogP contribution < -0.4 is 0 Å². The quantitative estimate of drug-likeness (QED) is 0.695. The summed E-state index contributed by atoms with van der Waals surface area (Å²) in [6, 6.07) is 0. The van der Waals surface area contributed by atoms with Gasteiger partial charge < -0.3 is 0 Å². The summed E-state index contributed by atoms with van der Waals surface area (Å²) in [5.41, 5.74) is 0. The number of hydrogen-bond acceptors (Lipinski definition) is 2. The van der Waals surface area contributed by atoms with Crippen molar-refractivity contribution in [2.45, 2.75) is 26.9 Å². The van der Waals surface area contributed by atoms with Crippen molar-refractivity contribution in [3.8, 4) is 0 Å². The molecule has 0 aliphatic carbocycles. The van der Waals surface area contributed by atoms with Crippen LogP contribution in [0.25, 0.3) is 0 Å². The Hall–Kier alpha value is 1.01. The van der Waals surface area contributed by atoms with E-state index in [-0.39, 0.29) is 0 Å². The molecule has 1 saturated heterocycles. The van der Waals surface area contributed by atoms with Crippen molar-refractivity contribution in [3.05, 3.63) is 0 Å². The molecule has 0 aromatic rings. The second-order valence-electron chi connectivity index (χ2n) is 2.47. The molecule has 1 radical (unpaired) electrons. The Kier molecular flexibility index (Phi) is 3.28. The van der Waals surface area contributed by atoms with Gasteiger partial charge in [0, 0.05) is 0 Å². The fourth-order valence-corrected chi connectivity index (χ4v) is 9.38. The van der Waals surface area contributed by atoms with Gasteiger partial charge in [-0.15, -0.1) is 0 Å². The van der Waals surface area contributed by atoms with Crippen LogP contribution in [0.2, 0.25) is 0 Å². The van der Waals surface area contributed by atoms with E-state index in [1.807, 2.05) is 0 Å². The van der Waals surface area contributed by atoms with E-state index in [4.69, 9.17) is 8.92 Å². The monoisotopic (exact) mass is 269 g/mol. The number of rotatable bonds is 2. The summed E-state index contributed by atoms with van der Waals surface area (Å²) >= 11 is -1.64. The zero-order valence-corrected chi connectivity index (χ0v) is 10.4.